The molecule has 166 valence electrons. The number of likely N-dealkylation sites (N-methyl/N-ethyl adjacent to an activating group) is 1. The van der Waals surface area contributed by atoms with E-state index in [9.17, 15) is 0 Å². The van der Waals surface area contributed by atoms with Crippen LogP contribution in [-0.4, -0.2) is 43.5 Å². The lowest BCUT2D eigenvalue weighted by atomic mass is 10.0. The third-order valence-electron chi connectivity index (χ3n) is 6.80. The van der Waals surface area contributed by atoms with Crippen LogP contribution >= 0.6 is 11.3 Å². The van der Waals surface area contributed by atoms with Crippen molar-refractivity contribution in [1.29, 1.82) is 0 Å². The number of anilines is 2. The van der Waals surface area contributed by atoms with Crippen LogP contribution in [0.4, 0.5) is 16.4 Å². The summed E-state index contributed by atoms with van der Waals surface area (Å²) in [4.78, 5) is 10.7. The molecule has 1 saturated heterocycles. The lowest BCUT2D eigenvalue weighted by molar-refractivity contribution is -0.910. The average molecular weight is 446 g/mol. The molecule has 0 radical (unpaired) electrons. The van der Waals surface area contributed by atoms with E-state index in [-0.39, 0.29) is 0 Å². The maximum absolute atomic E-state index is 5.19. The lowest BCUT2D eigenvalue weighted by Crippen LogP contribution is -3.16. The van der Waals surface area contributed by atoms with E-state index in [4.69, 9.17) is 4.99 Å². The summed E-state index contributed by atoms with van der Waals surface area (Å²) in [7, 11) is 2.37. The van der Waals surface area contributed by atoms with Gasteiger partial charge in [-0.05, 0) is 49.9 Å². The zero-order valence-electron chi connectivity index (χ0n) is 19.1. The van der Waals surface area contributed by atoms with Crippen LogP contribution in [0.15, 0.2) is 65.7 Å². The molecule has 1 fully saturated rings. The second-order valence-electron chi connectivity index (χ2n) is 9.15. The molecule has 0 aliphatic carbocycles. The van der Waals surface area contributed by atoms with Crippen LogP contribution in [0.3, 0.4) is 0 Å². The third kappa shape index (κ3) is 4.59. The fourth-order valence-electron chi connectivity index (χ4n) is 4.91. The van der Waals surface area contributed by atoms with Gasteiger partial charge in [0, 0.05) is 11.3 Å². The average Bonchev–Trinajstić information content (AvgIpc) is 3.10. The maximum atomic E-state index is 5.19. The molecule has 3 heterocycles. The highest BCUT2D eigenvalue weighted by Gasteiger charge is 2.32. The molecular formula is C27H33N4S+. The standard InChI is InChI=1S/C27H32N4S/c1-20-18-23-26(28-24-14-8-9-15-25(24)29-27(23)32-20)31-17-16-30(2)22(19-31)13-7-6-12-21-10-4-3-5-11-21/h3-5,8-11,14-15,18,22,29H,6-7,12-13,16-17,19H2,1-2H3/p+1/t22-/m0/s1. The van der Waals surface area contributed by atoms with Gasteiger partial charge >= 0.3 is 0 Å². The van der Waals surface area contributed by atoms with Gasteiger partial charge in [-0.2, -0.15) is 0 Å². The van der Waals surface area contributed by atoms with Gasteiger partial charge in [0.05, 0.1) is 43.6 Å². The monoisotopic (exact) mass is 445 g/mol. The molecule has 2 atom stereocenters. The van der Waals surface area contributed by atoms with Crippen molar-refractivity contribution in [2.75, 3.05) is 32.0 Å². The lowest BCUT2D eigenvalue weighted by Gasteiger charge is -2.38. The van der Waals surface area contributed by atoms with E-state index < -0.39 is 0 Å². The smallest absolute Gasteiger partial charge is 0.140 e. The Labute approximate surface area is 195 Å². The number of aliphatic imine (C=N–C) groups is 1. The Bertz CT molecular complexity index is 1090. The summed E-state index contributed by atoms with van der Waals surface area (Å²) in [6.07, 6.45) is 5.00. The Kier molecular flexibility index (Phi) is 6.28. The minimum atomic E-state index is 0.650. The largest absolute Gasteiger partial charge is 0.345 e. The molecule has 4 nitrogen and oxygen atoms in total. The number of piperazine rings is 1. The van der Waals surface area contributed by atoms with Gasteiger partial charge in [-0.15, -0.1) is 11.3 Å². The molecule has 0 saturated carbocycles. The minimum Gasteiger partial charge on any atom is -0.345 e. The summed E-state index contributed by atoms with van der Waals surface area (Å²) in [6.45, 7) is 5.48. The highest BCUT2D eigenvalue weighted by atomic mass is 32.1. The van der Waals surface area contributed by atoms with E-state index in [1.807, 2.05) is 11.3 Å². The number of benzene rings is 2. The van der Waals surface area contributed by atoms with Crippen LogP contribution in [0.5, 0.6) is 0 Å². The molecule has 1 unspecified atom stereocenters. The fourth-order valence-corrected chi connectivity index (χ4v) is 5.83. The third-order valence-corrected chi connectivity index (χ3v) is 7.76. The minimum absolute atomic E-state index is 0.650. The van der Waals surface area contributed by atoms with Crippen molar-refractivity contribution in [2.45, 2.75) is 38.6 Å². The molecule has 0 spiro atoms. The van der Waals surface area contributed by atoms with Crippen LogP contribution in [0.25, 0.3) is 0 Å². The van der Waals surface area contributed by atoms with Gasteiger partial charge in [0.25, 0.3) is 0 Å². The Morgan fingerprint density at radius 2 is 1.91 bits per heavy atom. The molecule has 0 amide bonds. The summed E-state index contributed by atoms with van der Waals surface area (Å²) in [5.74, 6) is 1.14. The second kappa shape index (κ2) is 9.47. The molecule has 2 aliphatic heterocycles. The van der Waals surface area contributed by atoms with Crippen molar-refractivity contribution < 1.29 is 4.90 Å². The normalized spacial score (nSPS) is 20.1. The highest BCUT2D eigenvalue weighted by Crippen LogP contribution is 2.39. The molecule has 2 aromatic carbocycles. The molecule has 2 N–H and O–H groups in total. The van der Waals surface area contributed by atoms with E-state index in [0.717, 1.165) is 36.8 Å². The Morgan fingerprint density at radius 1 is 1.09 bits per heavy atom. The molecule has 3 aromatic rings. The second-order valence-corrected chi connectivity index (χ2v) is 10.4. The number of fused-ring (bicyclic) bond motifs is 2. The summed E-state index contributed by atoms with van der Waals surface area (Å²) in [5, 5.41) is 4.86. The quantitative estimate of drug-likeness (QED) is 0.553. The van der Waals surface area contributed by atoms with E-state index in [2.05, 4.69) is 84.9 Å². The summed E-state index contributed by atoms with van der Waals surface area (Å²) >= 11 is 1.83. The molecule has 5 heteroatoms. The van der Waals surface area contributed by atoms with Crippen molar-refractivity contribution in [3.05, 3.63) is 76.7 Å². The molecule has 1 aromatic heterocycles. The zero-order chi connectivity index (χ0) is 21.9. The van der Waals surface area contributed by atoms with Gasteiger partial charge in [-0.3, -0.25) is 0 Å². The number of thiophene rings is 1. The van der Waals surface area contributed by atoms with E-state index in [0.29, 0.717) is 6.04 Å². The Balaban J connectivity index is 1.31. The number of para-hydroxylation sites is 2. The number of nitrogens with one attached hydrogen (secondary N) is 2. The van der Waals surface area contributed by atoms with Crippen molar-refractivity contribution in [1.82, 2.24) is 4.90 Å². The topological polar surface area (TPSA) is 32.1 Å². The molecule has 32 heavy (non-hydrogen) atoms. The highest BCUT2D eigenvalue weighted by molar-refractivity contribution is 7.16. The van der Waals surface area contributed by atoms with Gasteiger partial charge in [-0.25, -0.2) is 4.99 Å². The van der Waals surface area contributed by atoms with Crippen LogP contribution in [0, 0.1) is 6.92 Å². The van der Waals surface area contributed by atoms with E-state index in [1.54, 1.807) is 4.90 Å². The van der Waals surface area contributed by atoms with E-state index >= 15 is 0 Å². The predicted octanol–water partition coefficient (Wildman–Crippen LogP) is 4.80. The van der Waals surface area contributed by atoms with Crippen molar-refractivity contribution in [2.24, 2.45) is 4.99 Å². The van der Waals surface area contributed by atoms with Crippen LogP contribution < -0.4 is 10.2 Å². The summed E-state index contributed by atoms with van der Waals surface area (Å²) in [5.41, 5.74) is 4.85. The summed E-state index contributed by atoms with van der Waals surface area (Å²) < 4.78 is 0. The van der Waals surface area contributed by atoms with Gasteiger partial charge in [0.15, 0.2) is 0 Å². The first-order valence-electron chi connectivity index (χ1n) is 11.8. The van der Waals surface area contributed by atoms with Crippen LogP contribution in [0.1, 0.15) is 35.3 Å². The Hall–Kier alpha value is -2.63. The number of aryl methyl sites for hydroxylation is 2. The zero-order valence-corrected chi connectivity index (χ0v) is 19.9. The molecule has 2 aliphatic rings. The number of nitrogens with zero attached hydrogens (tertiary/aromatic N) is 2. The molecular weight excluding hydrogens is 412 g/mol. The maximum Gasteiger partial charge on any atom is 0.140 e. The Morgan fingerprint density at radius 3 is 2.78 bits per heavy atom. The van der Waals surface area contributed by atoms with Gasteiger partial charge in [0.1, 0.15) is 16.9 Å². The SMILES string of the molecule is Cc1cc2c(s1)Nc1ccccc1N=C2N1CC[NH+](C)[C@@H](CCCCc2ccccc2)C1. The first-order valence-corrected chi connectivity index (χ1v) is 12.7. The number of rotatable bonds is 5. The van der Waals surface area contributed by atoms with Crippen LogP contribution in [0.2, 0.25) is 0 Å². The fraction of sp³-hybridized carbons (Fsp3) is 0.370. The predicted molar refractivity (Wildman–Crippen MR) is 136 cm³/mol. The molecule has 5 rings (SSSR count). The number of hydrogen-bond donors (Lipinski definition) is 2. The number of hydrogen-bond acceptors (Lipinski definition) is 4. The molecule has 0 bridgehead atoms. The summed E-state index contributed by atoms with van der Waals surface area (Å²) in [6, 6.07) is 22.2. The first-order chi connectivity index (χ1) is 15.7. The van der Waals surface area contributed by atoms with Crippen LogP contribution in [-0.2, 0) is 6.42 Å². The van der Waals surface area contributed by atoms with Gasteiger partial charge in [0.2, 0.25) is 0 Å². The first kappa shape index (κ1) is 21.2. The number of unbranched alkanes of at least 4 members (excludes halogenated alkanes) is 1. The number of quaternary nitrogens is 1. The van der Waals surface area contributed by atoms with Crippen molar-refractivity contribution >= 4 is 33.5 Å². The van der Waals surface area contributed by atoms with Crippen molar-refractivity contribution in [3.63, 3.8) is 0 Å². The van der Waals surface area contributed by atoms with Gasteiger partial charge < -0.3 is 15.1 Å². The number of amidine groups is 1. The van der Waals surface area contributed by atoms with Gasteiger partial charge in [-0.1, -0.05) is 42.5 Å². The van der Waals surface area contributed by atoms with E-state index in [1.165, 1.54) is 46.7 Å². The van der Waals surface area contributed by atoms with Crippen molar-refractivity contribution in [3.8, 4) is 0 Å².